The lowest BCUT2D eigenvalue weighted by Gasteiger charge is -2.57. The second kappa shape index (κ2) is 12.0. The first-order chi connectivity index (χ1) is 20.7. The number of carbonyl (C=O) groups is 4. The quantitative estimate of drug-likeness (QED) is 0.236. The maximum absolute atomic E-state index is 13.3. The summed E-state index contributed by atoms with van der Waals surface area (Å²) in [6.45, 7) is 1.66. The van der Waals surface area contributed by atoms with Gasteiger partial charge in [0.25, 0.3) is 11.1 Å². The number of hydrogen-bond acceptors (Lipinski definition) is 7. The zero-order valence-electron chi connectivity index (χ0n) is 24.3. The monoisotopic (exact) mass is 622 g/mol. The molecule has 1 aliphatic heterocycles. The highest BCUT2D eigenvalue weighted by Crippen LogP contribution is 2.61. The summed E-state index contributed by atoms with van der Waals surface area (Å²) in [6, 6.07) is 10.7. The minimum atomic E-state index is -0.596. The van der Waals surface area contributed by atoms with E-state index >= 15 is 0 Å². The Kier molecular flexibility index (Phi) is 8.31. The van der Waals surface area contributed by atoms with Crippen molar-refractivity contribution in [2.24, 2.45) is 17.8 Å². The van der Waals surface area contributed by atoms with Crippen LogP contribution in [0.1, 0.15) is 73.4 Å². The van der Waals surface area contributed by atoms with Gasteiger partial charge in [0, 0.05) is 11.3 Å². The van der Waals surface area contributed by atoms with Gasteiger partial charge < -0.3 is 14.8 Å². The molecule has 0 aromatic heterocycles. The number of halogens is 1. The third kappa shape index (κ3) is 5.94. The Labute approximate surface area is 260 Å². The van der Waals surface area contributed by atoms with Crippen molar-refractivity contribution >= 4 is 58.1 Å². The number of anilines is 1. The summed E-state index contributed by atoms with van der Waals surface area (Å²) in [5.74, 6) is 1.32. The molecule has 0 radical (unpaired) electrons. The minimum absolute atomic E-state index is 0.117. The van der Waals surface area contributed by atoms with E-state index in [4.69, 9.17) is 21.1 Å². The van der Waals surface area contributed by atoms with Crippen molar-refractivity contribution in [3.63, 3.8) is 0 Å². The average Bonchev–Trinajstić information content (AvgIpc) is 3.23. The smallest absolute Gasteiger partial charge is 0.339 e. The number of rotatable bonds is 9. The van der Waals surface area contributed by atoms with Gasteiger partial charge in [0.2, 0.25) is 5.91 Å². The van der Waals surface area contributed by atoms with E-state index in [9.17, 15) is 19.2 Å². The molecule has 10 heteroatoms. The van der Waals surface area contributed by atoms with Gasteiger partial charge in [-0.25, -0.2) is 4.79 Å². The van der Waals surface area contributed by atoms with Crippen LogP contribution >= 0.6 is 23.4 Å². The Morgan fingerprint density at radius 2 is 1.77 bits per heavy atom. The third-order valence-electron chi connectivity index (χ3n) is 9.25. The molecule has 7 rings (SSSR count). The van der Waals surface area contributed by atoms with Crippen molar-refractivity contribution in [3.8, 4) is 5.75 Å². The molecule has 1 N–H and O–H groups in total. The molecule has 4 saturated carbocycles. The number of thioether (sulfide) groups is 1. The van der Waals surface area contributed by atoms with Crippen LogP contribution in [-0.2, 0) is 19.7 Å². The molecule has 1 saturated heterocycles. The molecule has 0 atom stereocenters. The van der Waals surface area contributed by atoms with Gasteiger partial charge in [-0.15, -0.1) is 0 Å². The SMILES string of the molecule is CCCOC(=O)c1cc(NC(=O)CN2C(=O)S/C(=C/c3cc(C45CC6CC(CC(C6)C4)C5)ccc3OC)C2=O)ccc1Cl. The van der Waals surface area contributed by atoms with Gasteiger partial charge >= 0.3 is 5.97 Å². The van der Waals surface area contributed by atoms with Crippen molar-refractivity contribution in [1.82, 2.24) is 4.90 Å². The summed E-state index contributed by atoms with van der Waals surface area (Å²) in [5, 5.41) is 2.31. The lowest BCUT2D eigenvalue weighted by atomic mass is 9.48. The number of nitrogens with zero attached hydrogens (tertiary/aromatic N) is 1. The van der Waals surface area contributed by atoms with E-state index in [0.29, 0.717) is 17.9 Å². The van der Waals surface area contributed by atoms with E-state index in [1.165, 1.54) is 62.3 Å². The zero-order chi connectivity index (χ0) is 30.3. The molecule has 2 aromatic rings. The standard InChI is InChI=1S/C33H35ClN2O6S/c1-3-8-42-31(39)25-14-24(5-6-26(25)34)35-29(37)18-36-30(38)28(43-32(36)40)13-22-12-23(4-7-27(22)41-2)33-15-19-9-20(16-33)11-21(10-19)17-33/h4-7,12-14,19-21H,3,8-11,15-18H2,1-2H3,(H,35,37)/b28-13+. The molecule has 3 amide bonds. The number of nitrogens with one attached hydrogen (secondary N) is 1. The average molecular weight is 623 g/mol. The molecule has 2 aromatic carbocycles. The maximum atomic E-state index is 13.3. The Bertz CT molecular complexity index is 1490. The number of amides is 3. The van der Waals surface area contributed by atoms with E-state index in [-0.39, 0.29) is 27.5 Å². The summed E-state index contributed by atoms with van der Waals surface area (Å²) in [7, 11) is 1.60. The first-order valence-corrected chi connectivity index (χ1v) is 16.1. The van der Waals surface area contributed by atoms with Crippen molar-refractivity contribution in [2.75, 3.05) is 25.6 Å². The number of carbonyl (C=O) groups excluding carboxylic acids is 4. The fourth-order valence-electron chi connectivity index (χ4n) is 7.79. The van der Waals surface area contributed by atoms with Gasteiger partial charge in [0.1, 0.15) is 12.3 Å². The molecule has 0 spiro atoms. The molecule has 1 heterocycles. The zero-order valence-corrected chi connectivity index (χ0v) is 25.9. The van der Waals surface area contributed by atoms with E-state index in [1.54, 1.807) is 13.2 Å². The van der Waals surface area contributed by atoms with Crippen LogP contribution < -0.4 is 10.1 Å². The van der Waals surface area contributed by atoms with Crippen LogP contribution in [0.15, 0.2) is 41.3 Å². The summed E-state index contributed by atoms with van der Waals surface area (Å²) < 4.78 is 10.8. The molecule has 8 nitrogen and oxygen atoms in total. The number of hydrogen-bond donors (Lipinski definition) is 1. The largest absolute Gasteiger partial charge is 0.496 e. The molecule has 226 valence electrons. The Hall–Kier alpha value is -3.30. The molecule has 4 bridgehead atoms. The van der Waals surface area contributed by atoms with Crippen LogP contribution in [0.4, 0.5) is 10.5 Å². The van der Waals surface area contributed by atoms with E-state index < -0.39 is 29.6 Å². The molecule has 0 unspecified atom stereocenters. The highest BCUT2D eigenvalue weighted by Gasteiger charge is 2.51. The van der Waals surface area contributed by atoms with Crippen molar-refractivity contribution in [1.29, 1.82) is 0 Å². The van der Waals surface area contributed by atoms with Crippen LogP contribution in [-0.4, -0.2) is 48.2 Å². The van der Waals surface area contributed by atoms with Crippen molar-refractivity contribution < 1.29 is 28.7 Å². The lowest BCUT2D eigenvalue weighted by Crippen LogP contribution is -2.48. The van der Waals surface area contributed by atoms with Gasteiger partial charge in [0.15, 0.2) is 0 Å². The first-order valence-electron chi connectivity index (χ1n) is 14.9. The van der Waals surface area contributed by atoms with Gasteiger partial charge in [-0.1, -0.05) is 24.6 Å². The van der Waals surface area contributed by atoms with Crippen LogP contribution in [0.5, 0.6) is 5.75 Å². The van der Waals surface area contributed by atoms with Crippen molar-refractivity contribution in [2.45, 2.75) is 57.3 Å². The lowest BCUT2D eigenvalue weighted by molar-refractivity contribution is -0.127. The highest BCUT2D eigenvalue weighted by molar-refractivity contribution is 8.18. The number of esters is 1. The normalized spacial score (nSPS) is 26.7. The summed E-state index contributed by atoms with van der Waals surface area (Å²) in [6.07, 6.45) is 10.1. The fourth-order valence-corrected chi connectivity index (χ4v) is 8.82. The van der Waals surface area contributed by atoms with E-state index in [1.807, 2.05) is 13.0 Å². The second-order valence-corrected chi connectivity index (χ2v) is 13.7. The summed E-state index contributed by atoms with van der Waals surface area (Å²) in [5.41, 5.74) is 2.64. The molecule has 43 heavy (non-hydrogen) atoms. The predicted octanol–water partition coefficient (Wildman–Crippen LogP) is 7.06. The molecular formula is C33H35ClN2O6S. The second-order valence-electron chi connectivity index (χ2n) is 12.3. The number of benzene rings is 2. The van der Waals surface area contributed by atoms with Crippen LogP contribution in [0, 0.1) is 17.8 Å². The summed E-state index contributed by atoms with van der Waals surface area (Å²) in [4.78, 5) is 52.5. The molecule has 4 aliphatic carbocycles. The highest BCUT2D eigenvalue weighted by atomic mass is 35.5. The summed E-state index contributed by atoms with van der Waals surface area (Å²) >= 11 is 6.95. The molecule has 5 fully saturated rings. The van der Waals surface area contributed by atoms with E-state index in [0.717, 1.165) is 40.0 Å². The number of imide groups is 1. The fraction of sp³-hybridized carbons (Fsp3) is 0.455. The predicted molar refractivity (Wildman–Crippen MR) is 166 cm³/mol. The first kappa shape index (κ1) is 29.8. The van der Waals surface area contributed by atoms with E-state index in [2.05, 4.69) is 17.4 Å². The molecular weight excluding hydrogens is 588 g/mol. The Morgan fingerprint density at radius 1 is 1.07 bits per heavy atom. The molecule has 5 aliphatic rings. The number of ether oxygens (including phenoxy) is 2. The van der Waals surface area contributed by atoms with Crippen LogP contribution in [0.25, 0.3) is 6.08 Å². The van der Waals surface area contributed by atoms with Gasteiger partial charge in [0.05, 0.1) is 29.2 Å². The Balaban J connectivity index is 1.17. The van der Waals surface area contributed by atoms with Crippen LogP contribution in [0.3, 0.4) is 0 Å². The maximum Gasteiger partial charge on any atom is 0.339 e. The minimum Gasteiger partial charge on any atom is -0.496 e. The number of methoxy groups -OCH3 is 1. The Morgan fingerprint density at radius 3 is 2.42 bits per heavy atom. The van der Waals surface area contributed by atoms with Gasteiger partial charge in [-0.05, 0) is 122 Å². The third-order valence-corrected chi connectivity index (χ3v) is 10.5. The topological polar surface area (TPSA) is 102 Å². The van der Waals surface area contributed by atoms with Crippen LogP contribution in [0.2, 0.25) is 5.02 Å². The van der Waals surface area contributed by atoms with Crippen molar-refractivity contribution in [3.05, 3.63) is 63.0 Å². The van der Waals surface area contributed by atoms with Gasteiger partial charge in [-0.2, -0.15) is 0 Å². The van der Waals surface area contributed by atoms with Gasteiger partial charge in [-0.3, -0.25) is 19.3 Å².